The Hall–Kier alpha value is -1.95. The predicted octanol–water partition coefficient (Wildman–Crippen LogP) is 1.11. The number of hydrogen-bond acceptors (Lipinski definition) is 5. The maximum atomic E-state index is 12.3. The van der Waals surface area contributed by atoms with E-state index in [-0.39, 0.29) is 23.4 Å². The molecule has 1 unspecified atom stereocenters. The van der Waals surface area contributed by atoms with Gasteiger partial charge in [0, 0.05) is 12.6 Å². The van der Waals surface area contributed by atoms with Crippen molar-refractivity contribution in [1.29, 1.82) is 0 Å². The summed E-state index contributed by atoms with van der Waals surface area (Å²) in [6.07, 6.45) is 3.76. The molecule has 1 amide bonds. The van der Waals surface area contributed by atoms with Crippen molar-refractivity contribution in [2.24, 2.45) is 5.41 Å². The van der Waals surface area contributed by atoms with Crippen LogP contribution in [-0.2, 0) is 9.53 Å². The fourth-order valence-electron chi connectivity index (χ4n) is 3.51. The van der Waals surface area contributed by atoms with Gasteiger partial charge in [0.15, 0.2) is 0 Å². The number of nitrogens with one attached hydrogen (secondary N) is 2. The Bertz CT molecular complexity index is 624. The molecule has 6 nitrogen and oxygen atoms in total. The topological polar surface area (TPSA) is 80.3 Å². The minimum atomic E-state index is -0.349. The average molecular weight is 317 g/mol. The van der Waals surface area contributed by atoms with Crippen LogP contribution < -0.4 is 10.6 Å². The number of rotatable bonds is 3. The van der Waals surface area contributed by atoms with Gasteiger partial charge in [0.2, 0.25) is 0 Å². The first kappa shape index (κ1) is 15.9. The summed E-state index contributed by atoms with van der Waals surface area (Å²) >= 11 is 0. The van der Waals surface area contributed by atoms with Crippen LogP contribution in [-0.4, -0.2) is 42.6 Å². The molecule has 1 atom stereocenters. The van der Waals surface area contributed by atoms with Crippen LogP contribution in [0.25, 0.3) is 0 Å². The van der Waals surface area contributed by atoms with Gasteiger partial charge < -0.3 is 15.4 Å². The first-order valence-corrected chi connectivity index (χ1v) is 8.13. The second kappa shape index (κ2) is 6.28. The molecular weight excluding hydrogens is 294 g/mol. The summed E-state index contributed by atoms with van der Waals surface area (Å²) in [6, 6.07) is 1.93. The lowest BCUT2D eigenvalue weighted by molar-refractivity contribution is -0.149. The highest BCUT2D eigenvalue weighted by Gasteiger charge is 2.49. The number of hydrogen-bond donors (Lipinski definition) is 2. The molecule has 2 N–H and O–H groups in total. The highest BCUT2D eigenvalue weighted by Crippen LogP contribution is 2.41. The van der Waals surface area contributed by atoms with Gasteiger partial charge in [-0.3, -0.25) is 14.6 Å². The van der Waals surface area contributed by atoms with Gasteiger partial charge in [0.1, 0.15) is 11.8 Å². The maximum absolute atomic E-state index is 12.3. The van der Waals surface area contributed by atoms with Gasteiger partial charge in [-0.2, -0.15) is 0 Å². The lowest BCUT2D eigenvalue weighted by atomic mass is 9.76. The zero-order valence-electron chi connectivity index (χ0n) is 13.6. The number of carbonyl (C=O) groups excluding carboxylic acids is 2. The molecule has 0 bridgehead atoms. The first-order valence-electron chi connectivity index (χ1n) is 8.13. The van der Waals surface area contributed by atoms with E-state index >= 15 is 0 Å². The highest BCUT2D eigenvalue weighted by atomic mass is 16.6. The molecule has 0 aromatic carbocycles. The molecule has 2 saturated heterocycles. The Morgan fingerprint density at radius 3 is 2.87 bits per heavy atom. The number of cyclic esters (lactones) is 1. The Morgan fingerprint density at radius 2 is 2.17 bits per heavy atom. The third-order valence-corrected chi connectivity index (χ3v) is 4.81. The Morgan fingerprint density at radius 1 is 1.43 bits per heavy atom. The van der Waals surface area contributed by atoms with E-state index in [0.29, 0.717) is 18.7 Å². The van der Waals surface area contributed by atoms with Crippen LogP contribution in [0.4, 0.5) is 0 Å². The summed E-state index contributed by atoms with van der Waals surface area (Å²) in [5.74, 6) is -0.326. The molecule has 0 radical (unpaired) electrons. The van der Waals surface area contributed by atoms with E-state index in [4.69, 9.17) is 4.74 Å². The molecule has 1 spiro atoms. The third-order valence-electron chi connectivity index (χ3n) is 4.81. The molecule has 0 aliphatic carbocycles. The Balaban J connectivity index is 1.58. The van der Waals surface area contributed by atoms with E-state index in [1.54, 1.807) is 6.20 Å². The summed E-state index contributed by atoms with van der Waals surface area (Å²) in [7, 11) is 0. The largest absolute Gasteiger partial charge is 0.460 e. The van der Waals surface area contributed by atoms with Crippen molar-refractivity contribution >= 4 is 11.9 Å². The summed E-state index contributed by atoms with van der Waals surface area (Å²) in [5.41, 5.74) is 1.95. The highest BCUT2D eigenvalue weighted by molar-refractivity contribution is 5.93. The van der Waals surface area contributed by atoms with Gasteiger partial charge in [0.05, 0.1) is 12.0 Å². The number of aromatic nitrogens is 1. The zero-order chi connectivity index (χ0) is 16.4. The minimum Gasteiger partial charge on any atom is -0.460 e. The smallest absolute Gasteiger partial charge is 0.312 e. The fraction of sp³-hybridized carbons (Fsp3) is 0.588. The van der Waals surface area contributed by atoms with Crippen LogP contribution in [0, 0.1) is 19.3 Å². The van der Waals surface area contributed by atoms with Crippen molar-refractivity contribution in [3.05, 3.63) is 29.1 Å². The van der Waals surface area contributed by atoms with Crippen LogP contribution >= 0.6 is 0 Å². The van der Waals surface area contributed by atoms with Gasteiger partial charge in [0.25, 0.3) is 5.91 Å². The van der Waals surface area contributed by atoms with Gasteiger partial charge in [-0.15, -0.1) is 0 Å². The SMILES string of the molecule is Cc1cnc(C(=O)NCC2CC3(CCNCC3)C(=O)O2)c(C)c1. The molecule has 124 valence electrons. The molecule has 1 aromatic rings. The molecule has 2 fully saturated rings. The average Bonchev–Trinajstić information content (AvgIpc) is 2.81. The lowest BCUT2D eigenvalue weighted by Gasteiger charge is -2.29. The van der Waals surface area contributed by atoms with Crippen molar-refractivity contribution in [3.8, 4) is 0 Å². The van der Waals surface area contributed by atoms with Crippen molar-refractivity contribution in [2.75, 3.05) is 19.6 Å². The molecule has 1 aromatic heterocycles. The van der Waals surface area contributed by atoms with Crippen molar-refractivity contribution in [3.63, 3.8) is 0 Å². The quantitative estimate of drug-likeness (QED) is 0.817. The molecule has 6 heteroatoms. The molecular formula is C17H23N3O3. The van der Waals surface area contributed by atoms with Crippen LogP contribution in [0.5, 0.6) is 0 Å². The van der Waals surface area contributed by atoms with Crippen molar-refractivity contribution in [2.45, 2.75) is 39.2 Å². The van der Waals surface area contributed by atoms with Crippen molar-refractivity contribution in [1.82, 2.24) is 15.6 Å². The summed E-state index contributed by atoms with van der Waals surface area (Å²) in [5, 5.41) is 6.12. The molecule has 0 saturated carbocycles. The van der Waals surface area contributed by atoms with E-state index in [0.717, 1.165) is 37.1 Å². The van der Waals surface area contributed by atoms with Gasteiger partial charge in [-0.25, -0.2) is 0 Å². The molecule has 3 rings (SSSR count). The number of esters is 1. The minimum absolute atomic E-state index is 0.108. The number of piperidine rings is 1. The number of ether oxygens (including phenoxy) is 1. The van der Waals surface area contributed by atoms with Gasteiger partial charge in [-0.05, 0) is 50.9 Å². The first-order chi connectivity index (χ1) is 11.0. The monoisotopic (exact) mass is 317 g/mol. The number of amides is 1. The number of carbonyl (C=O) groups is 2. The molecule has 23 heavy (non-hydrogen) atoms. The van der Waals surface area contributed by atoms with E-state index in [1.165, 1.54) is 0 Å². The fourth-order valence-corrected chi connectivity index (χ4v) is 3.51. The Labute approximate surface area is 136 Å². The second-order valence-electron chi connectivity index (χ2n) is 6.65. The predicted molar refractivity (Wildman–Crippen MR) is 85.1 cm³/mol. The van der Waals surface area contributed by atoms with Gasteiger partial charge >= 0.3 is 5.97 Å². The molecule has 2 aliphatic rings. The number of aryl methyl sites for hydroxylation is 2. The van der Waals surface area contributed by atoms with Gasteiger partial charge in [-0.1, -0.05) is 6.07 Å². The van der Waals surface area contributed by atoms with Crippen LogP contribution in [0.1, 0.15) is 40.9 Å². The lowest BCUT2D eigenvalue weighted by Crippen LogP contribution is -2.39. The normalized spacial score (nSPS) is 22.9. The van der Waals surface area contributed by atoms with Crippen LogP contribution in [0.3, 0.4) is 0 Å². The summed E-state index contributed by atoms with van der Waals surface area (Å²) < 4.78 is 5.49. The maximum Gasteiger partial charge on any atom is 0.312 e. The van der Waals surface area contributed by atoms with E-state index in [9.17, 15) is 9.59 Å². The third kappa shape index (κ3) is 3.22. The number of nitrogens with zero attached hydrogens (tertiary/aromatic N) is 1. The van der Waals surface area contributed by atoms with Crippen LogP contribution in [0.2, 0.25) is 0 Å². The molecule has 3 heterocycles. The summed E-state index contributed by atoms with van der Waals surface area (Å²) in [4.78, 5) is 28.6. The van der Waals surface area contributed by atoms with E-state index < -0.39 is 0 Å². The van der Waals surface area contributed by atoms with E-state index in [1.807, 2.05) is 19.9 Å². The second-order valence-corrected chi connectivity index (χ2v) is 6.65. The Kier molecular flexibility index (Phi) is 4.35. The molecule has 2 aliphatic heterocycles. The van der Waals surface area contributed by atoms with Crippen molar-refractivity contribution < 1.29 is 14.3 Å². The zero-order valence-corrected chi connectivity index (χ0v) is 13.6. The van der Waals surface area contributed by atoms with Crippen LogP contribution in [0.15, 0.2) is 12.3 Å². The number of pyridine rings is 1. The summed E-state index contributed by atoms with van der Waals surface area (Å²) in [6.45, 7) is 5.85. The standard InChI is InChI=1S/C17H23N3O3/c1-11-7-12(2)14(19-9-11)15(21)20-10-13-8-17(16(22)23-13)3-5-18-6-4-17/h7,9,13,18H,3-6,8,10H2,1-2H3,(H,20,21). The van der Waals surface area contributed by atoms with E-state index in [2.05, 4.69) is 15.6 Å².